The van der Waals surface area contributed by atoms with Gasteiger partial charge in [-0.1, -0.05) is 25.1 Å². The molecule has 1 aromatic carbocycles. The Bertz CT molecular complexity index is 702. The van der Waals surface area contributed by atoms with Crippen LogP contribution in [0.1, 0.15) is 13.3 Å². The minimum atomic E-state index is 0.814. The molecule has 0 aliphatic carbocycles. The number of rotatable bonds is 4. The number of benzene rings is 1. The maximum Gasteiger partial charge on any atom is 0.148 e. The highest BCUT2D eigenvalue weighted by Gasteiger charge is 2.05. The van der Waals surface area contributed by atoms with E-state index in [0.717, 1.165) is 40.9 Å². The second kappa shape index (κ2) is 5.65. The summed E-state index contributed by atoms with van der Waals surface area (Å²) in [5.74, 6) is 0.814. The number of aromatic nitrogens is 3. The van der Waals surface area contributed by atoms with Gasteiger partial charge < -0.3 is 5.32 Å². The van der Waals surface area contributed by atoms with Crippen molar-refractivity contribution in [1.29, 1.82) is 0 Å². The number of nitrogens with zero attached hydrogens (tertiary/aromatic N) is 3. The van der Waals surface area contributed by atoms with Gasteiger partial charge in [0.25, 0.3) is 0 Å². The van der Waals surface area contributed by atoms with E-state index >= 15 is 0 Å². The highest BCUT2D eigenvalue weighted by atomic mass is 15.2. The zero-order valence-electron chi connectivity index (χ0n) is 11.4. The fourth-order valence-corrected chi connectivity index (χ4v) is 2.15. The average molecular weight is 264 g/mol. The largest absolute Gasteiger partial charge is 0.369 e. The van der Waals surface area contributed by atoms with E-state index in [9.17, 15) is 0 Å². The van der Waals surface area contributed by atoms with Crippen LogP contribution in [0.5, 0.6) is 0 Å². The van der Waals surface area contributed by atoms with Crippen molar-refractivity contribution in [3.05, 3.63) is 48.7 Å². The summed E-state index contributed by atoms with van der Waals surface area (Å²) in [6.45, 7) is 3.03. The van der Waals surface area contributed by atoms with Gasteiger partial charge in [-0.05, 0) is 30.7 Å². The second-order valence-electron chi connectivity index (χ2n) is 4.61. The molecule has 3 rings (SSSR count). The van der Waals surface area contributed by atoms with Crippen LogP contribution in [-0.4, -0.2) is 21.7 Å². The first-order valence-corrected chi connectivity index (χ1v) is 6.80. The van der Waals surface area contributed by atoms with Gasteiger partial charge in [0, 0.05) is 23.7 Å². The first kappa shape index (κ1) is 12.5. The van der Waals surface area contributed by atoms with Crippen LogP contribution in [0.25, 0.3) is 22.2 Å². The third kappa shape index (κ3) is 2.45. The summed E-state index contributed by atoms with van der Waals surface area (Å²) in [7, 11) is 0. The van der Waals surface area contributed by atoms with Crippen LogP contribution in [0.3, 0.4) is 0 Å². The summed E-state index contributed by atoms with van der Waals surface area (Å²) >= 11 is 0. The maximum absolute atomic E-state index is 4.36. The molecule has 0 atom stereocenters. The zero-order valence-corrected chi connectivity index (χ0v) is 11.4. The molecule has 0 spiro atoms. The third-order valence-electron chi connectivity index (χ3n) is 3.14. The Hall–Kier alpha value is -2.49. The van der Waals surface area contributed by atoms with Gasteiger partial charge >= 0.3 is 0 Å². The van der Waals surface area contributed by atoms with E-state index in [1.807, 2.05) is 36.4 Å². The zero-order chi connectivity index (χ0) is 13.8. The summed E-state index contributed by atoms with van der Waals surface area (Å²) in [4.78, 5) is 4.36. The molecule has 1 N–H and O–H groups in total. The molecule has 4 heteroatoms. The van der Waals surface area contributed by atoms with Crippen LogP contribution in [0.15, 0.2) is 48.7 Å². The molecular weight excluding hydrogens is 248 g/mol. The first-order chi connectivity index (χ1) is 9.88. The van der Waals surface area contributed by atoms with Gasteiger partial charge in [-0.2, -0.15) is 0 Å². The van der Waals surface area contributed by atoms with Crippen molar-refractivity contribution < 1.29 is 0 Å². The summed E-state index contributed by atoms with van der Waals surface area (Å²) in [6.07, 6.45) is 2.87. The molecule has 0 saturated carbocycles. The molecule has 0 aliphatic heterocycles. The van der Waals surface area contributed by atoms with E-state index in [-0.39, 0.29) is 0 Å². The van der Waals surface area contributed by atoms with Gasteiger partial charge in [-0.25, -0.2) is 0 Å². The molecule has 20 heavy (non-hydrogen) atoms. The standard InChI is InChI=1S/C16H16N4/c1-2-10-18-16-9-8-15(19-20-16)13-5-3-7-14-12(13)6-4-11-17-14/h3-9,11H,2,10H2,1H3,(H,18,20). The summed E-state index contributed by atoms with van der Waals surface area (Å²) < 4.78 is 0. The minimum Gasteiger partial charge on any atom is -0.369 e. The monoisotopic (exact) mass is 264 g/mol. The number of pyridine rings is 1. The van der Waals surface area contributed by atoms with Crippen molar-refractivity contribution >= 4 is 16.7 Å². The molecule has 0 amide bonds. The van der Waals surface area contributed by atoms with Gasteiger partial charge in [-0.15, -0.1) is 10.2 Å². The average Bonchev–Trinajstić information content (AvgIpc) is 2.53. The third-order valence-corrected chi connectivity index (χ3v) is 3.14. The van der Waals surface area contributed by atoms with E-state index < -0.39 is 0 Å². The lowest BCUT2D eigenvalue weighted by Crippen LogP contribution is -2.02. The van der Waals surface area contributed by atoms with Gasteiger partial charge in [0.15, 0.2) is 0 Å². The molecule has 100 valence electrons. The van der Waals surface area contributed by atoms with Crippen molar-refractivity contribution in [2.45, 2.75) is 13.3 Å². The smallest absolute Gasteiger partial charge is 0.148 e. The molecule has 3 aromatic rings. The van der Waals surface area contributed by atoms with Crippen molar-refractivity contribution in [2.75, 3.05) is 11.9 Å². The lowest BCUT2D eigenvalue weighted by atomic mass is 10.1. The topological polar surface area (TPSA) is 50.7 Å². The summed E-state index contributed by atoms with van der Waals surface area (Å²) in [5.41, 5.74) is 2.90. The number of hydrogen-bond donors (Lipinski definition) is 1. The van der Waals surface area contributed by atoms with Crippen molar-refractivity contribution in [2.24, 2.45) is 0 Å². The summed E-state index contributed by atoms with van der Waals surface area (Å²) in [5, 5.41) is 12.8. The predicted molar refractivity (Wildman–Crippen MR) is 81.5 cm³/mol. The van der Waals surface area contributed by atoms with Gasteiger partial charge in [0.05, 0.1) is 11.2 Å². The van der Waals surface area contributed by atoms with Gasteiger partial charge in [0.1, 0.15) is 5.82 Å². The van der Waals surface area contributed by atoms with E-state index in [1.54, 1.807) is 6.20 Å². The van der Waals surface area contributed by atoms with Gasteiger partial charge in [-0.3, -0.25) is 4.98 Å². The number of fused-ring (bicyclic) bond motifs is 1. The van der Waals surface area contributed by atoms with Crippen LogP contribution in [0.2, 0.25) is 0 Å². The van der Waals surface area contributed by atoms with Crippen molar-refractivity contribution in [3.8, 4) is 11.3 Å². The molecule has 2 aromatic heterocycles. The first-order valence-electron chi connectivity index (χ1n) is 6.80. The molecule has 0 saturated heterocycles. The number of anilines is 1. The maximum atomic E-state index is 4.36. The Morgan fingerprint density at radius 2 is 1.95 bits per heavy atom. The van der Waals surface area contributed by atoms with Crippen molar-refractivity contribution in [1.82, 2.24) is 15.2 Å². The quantitative estimate of drug-likeness (QED) is 0.783. The fraction of sp³-hybridized carbons (Fsp3) is 0.188. The molecule has 4 nitrogen and oxygen atoms in total. The Morgan fingerprint density at radius 1 is 1.00 bits per heavy atom. The molecule has 0 fully saturated rings. The van der Waals surface area contributed by atoms with Crippen LogP contribution < -0.4 is 5.32 Å². The van der Waals surface area contributed by atoms with Crippen LogP contribution in [0, 0.1) is 0 Å². The Labute approximate surface area is 117 Å². The summed E-state index contributed by atoms with van der Waals surface area (Å²) in [6, 6.07) is 14.0. The fourth-order valence-electron chi connectivity index (χ4n) is 2.15. The number of nitrogens with one attached hydrogen (secondary N) is 1. The van der Waals surface area contributed by atoms with Gasteiger partial charge in [0.2, 0.25) is 0 Å². The second-order valence-corrected chi connectivity index (χ2v) is 4.61. The van der Waals surface area contributed by atoms with E-state index in [1.165, 1.54) is 0 Å². The van der Waals surface area contributed by atoms with E-state index in [0.29, 0.717) is 0 Å². The highest BCUT2D eigenvalue weighted by Crippen LogP contribution is 2.25. The molecule has 0 unspecified atom stereocenters. The normalized spacial score (nSPS) is 10.7. The lowest BCUT2D eigenvalue weighted by Gasteiger charge is -2.06. The van der Waals surface area contributed by atoms with Crippen molar-refractivity contribution in [3.63, 3.8) is 0 Å². The predicted octanol–water partition coefficient (Wildman–Crippen LogP) is 3.51. The molecule has 2 heterocycles. The Balaban J connectivity index is 1.98. The van der Waals surface area contributed by atoms with E-state index in [4.69, 9.17) is 0 Å². The lowest BCUT2D eigenvalue weighted by molar-refractivity contribution is 0.946. The van der Waals surface area contributed by atoms with Crippen LogP contribution in [0.4, 0.5) is 5.82 Å². The highest BCUT2D eigenvalue weighted by molar-refractivity contribution is 5.93. The molecule has 0 radical (unpaired) electrons. The molecule has 0 bridgehead atoms. The Kier molecular flexibility index (Phi) is 3.54. The van der Waals surface area contributed by atoms with Crippen LogP contribution in [-0.2, 0) is 0 Å². The number of hydrogen-bond acceptors (Lipinski definition) is 4. The van der Waals surface area contributed by atoms with Crippen LogP contribution >= 0.6 is 0 Å². The SMILES string of the molecule is CCCNc1ccc(-c2cccc3ncccc23)nn1. The van der Waals surface area contributed by atoms with E-state index in [2.05, 4.69) is 33.5 Å². The molecule has 0 aliphatic rings. The Morgan fingerprint density at radius 3 is 2.75 bits per heavy atom. The molecular formula is C16H16N4. The minimum absolute atomic E-state index is 0.814.